The van der Waals surface area contributed by atoms with Gasteiger partial charge >= 0.3 is 0 Å². The van der Waals surface area contributed by atoms with Crippen LogP contribution in [-0.2, 0) is 6.54 Å². The van der Waals surface area contributed by atoms with Crippen LogP contribution in [0.1, 0.15) is 43.7 Å². The summed E-state index contributed by atoms with van der Waals surface area (Å²) in [6, 6.07) is 7.72. The molecule has 1 N–H and O–H groups in total. The number of anilines is 1. The molecule has 2 aliphatic rings. The lowest BCUT2D eigenvalue weighted by atomic mass is 9.86. The molecule has 3 rings (SSSR count). The third kappa shape index (κ3) is 2.79. The second kappa shape index (κ2) is 5.54. The second-order valence-electron chi connectivity index (χ2n) is 6.43. The molecule has 0 aromatic heterocycles. The summed E-state index contributed by atoms with van der Waals surface area (Å²) < 4.78 is 0. The average molecular weight is 258 g/mol. The molecule has 2 heteroatoms. The van der Waals surface area contributed by atoms with Crippen LogP contribution >= 0.6 is 0 Å². The van der Waals surface area contributed by atoms with Crippen LogP contribution in [0, 0.1) is 12.8 Å². The molecule has 0 spiro atoms. The first kappa shape index (κ1) is 13.0. The maximum Gasteiger partial charge on any atom is 0.0414 e. The van der Waals surface area contributed by atoms with Crippen molar-refractivity contribution in [2.45, 2.75) is 52.1 Å². The molecule has 1 saturated carbocycles. The van der Waals surface area contributed by atoms with Gasteiger partial charge in [0.1, 0.15) is 0 Å². The molecule has 1 aliphatic heterocycles. The van der Waals surface area contributed by atoms with Crippen LogP contribution in [0.2, 0.25) is 0 Å². The van der Waals surface area contributed by atoms with E-state index in [4.69, 9.17) is 0 Å². The predicted octanol–water partition coefficient (Wildman–Crippen LogP) is 3.48. The van der Waals surface area contributed by atoms with Crippen LogP contribution in [0.4, 0.5) is 5.69 Å². The number of nitrogens with zero attached hydrogens (tertiary/aromatic N) is 1. The topological polar surface area (TPSA) is 15.3 Å². The lowest BCUT2D eigenvalue weighted by Gasteiger charge is -2.38. The molecule has 19 heavy (non-hydrogen) atoms. The van der Waals surface area contributed by atoms with Crippen LogP contribution in [-0.4, -0.2) is 19.1 Å². The van der Waals surface area contributed by atoms with E-state index in [1.165, 1.54) is 42.5 Å². The van der Waals surface area contributed by atoms with E-state index in [1.54, 1.807) is 0 Å². The Balaban J connectivity index is 1.89. The first-order valence-corrected chi connectivity index (χ1v) is 7.81. The van der Waals surface area contributed by atoms with Crippen molar-refractivity contribution in [1.29, 1.82) is 0 Å². The van der Waals surface area contributed by atoms with Gasteiger partial charge in [-0.2, -0.15) is 0 Å². The third-order valence-corrected chi connectivity index (χ3v) is 4.74. The zero-order valence-electron chi connectivity index (χ0n) is 12.3. The number of rotatable bonds is 1. The highest BCUT2D eigenvalue weighted by Gasteiger charge is 2.27. The normalized spacial score (nSPS) is 27.8. The Bertz CT molecular complexity index is 441. The van der Waals surface area contributed by atoms with Crippen LogP contribution in [0.25, 0.3) is 0 Å². The first-order valence-electron chi connectivity index (χ1n) is 7.81. The van der Waals surface area contributed by atoms with Crippen LogP contribution in [0.5, 0.6) is 0 Å². The molecule has 0 saturated heterocycles. The summed E-state index contributed by atoms with van der Waals surface area (Å²) in [5.41, 5.74) is 4.34. The molecule has 1 aliphatic carbocycles. The maximum absolute atomic E-state index is 3.57. The molecule has 1 aromatic carbocycles. The van der Waals surface area contributed by atoms with Gasteiger partial charge in [0, 0.05) is 31.4 Å². The van der Waals surface area contributed by atoms with Gasteiger partial charge in [-0.1, -0.05) is 37.5 Å². The number of nitrogens with one attached hydrogen (secondary N) is 1. The quantitative estimate of drug-likeness (QED) is 0.829. The molecule has 1 aromatic rings. The number of fused-ring (bicyclic) bond motifs is 1. The Hall–Kier alpha value is -1.02. The van der Waals surface area contributed by atoms with Gasteiger partial charge in [-0.3, -0.25) is 0 Å². The van der Waals surface area contributed by atoms with E-state index in [9.17, 15) is 0 Å². The summed E-state index contributed by atoms with van der Waals surface area (Å²) in [4.78, 5) is 2.68. The molecule has 2 atom stereocenters. The summed E-state index contributed by atoms with van der Waals surface area (Å²) in [5, 5.41) is 3.57. The van der Waals surface area contributed by atoms with Crippen LogP contribution in [0.3, 0.4) is 0 Å². The summed E-state index contributed by atoms with van der Waals surface area (Å²) in [6.07, 6.45) is 5.56. The van der Waals surface area contributed by atoms with E-state index in [1.807, 2.05) is 0 Å². The monoisotopic (exact) mass is 258 g/mol. The number of hydrogen-bond acceptors (Lipinski definition) is 2. The fraction of sp³-hybridized carbons (Fsp3) is 0.647. The highest BCUT2D eigenvalue weighted by molar-refractivity contribution is 5.56. The summed E-state index contributed by atoms with van der Waals surface area (Å²) in [6.45, 7) is 7.90. The van der Waals surface area contributed by atoms with Gasteiger partial charge in [-0.05, 0) is 37.3 Å². The van der Waals surface area contributed by atoms with Gasteiger partial charge in [0.05, 0.1) is 0 Å². The highest BCUT2D eigenvalue weighted by Crippen LogP contribution is 2.33. The van der Waals surface area contributed by atoms with Crippen molar-refractivity contribution in [2.24, 2.45) is 5.92 Å². The fourth-order valence-electron chi connectivity index (χ4n) is 3.74. The van der Waals surface area contributed by atoms with E-state index < -0.39 is 0 Å². The molecule has 2 nitrogen and oxygen atoms in total. The minimum Gasteiger partial charge on any atom is -0.367 e. The third-order valence-electron chi connectivity index (χ3n) is 4.74. The van der Waals surface area contributed by atoms with Gasteiger partial charge in [0.2, 0.25) is 0 Å². The highest BCUT2D eigenvalue weighted by atomic mass is 15.2. The summed E-state index contributed by atoms with van der Waals surface area (Å²) in [7, 11) is 0. The first-order chi connectivity index (χ1) is 9.24. The Kier molecular flexibility index (Phi) is 3.79. The van der Waals surface area contributed by atoms with Crippen molar-refractivity contribution in [3.63, 3.8) is 0 Å². The van der Waals surface area contributed by atoms with Crippen molar-refractivity contribution in [1.82, 2.24) is 5.32 Å². The lowest BCUT2D eigenvalue weighted by Crippen LogP contribution is -2.41. The van der Waals surface area contributed by atoms with E-state index in [-0.39, 0.29) is 0 Å². The molecular formula is C17H26N2. The Morgan fingerprint density at radius 2 is 2.16 bits per heavy atom. The smallest absolute Gasteiger partial charge is 0.0414 e. The molecule has 0 radical (unpaired) electrons. The van der Waals surface area contributed by atoms with E-state index in [0.717, 1.165) is 31.6 Å². The Morgan fingerprint density at radius 1 is 1.26 bits per heavy atom. The van der Waals surface area contributed by atoms with Crippen molar-refractivity contribution < 1.29 is 0 Å². The van der Waals surface area contributed by atoms with Crippen molar-refractivity contribution in [2.75, 3.05) is 18.0 Å². The standard InChI is InChI=1S/C17H26N2/c1-13-4-3-5-16(11-13)19-9-8-18-12-15-10-14(2)6-7-17(15)19/h6-7,10,13,16,18H,3-5,8-9,11-12H2,1-2H3. The number of aryl methyl sites for hydroxylation is 1. The van der Waals surface area contributed by atoms with Gasteiger partial charge < -0.3 is 10.2 Å². The zero-order valence-corrected chi connectivity index (χ0v) is 12.3. The molecule has 0 amide bonds. The van der Waals surface area contributed by atoms with Crippen LogP contribution < -0.4 is 10.2 Å². The average Bonchev–Trinajstić information content (AvgIpc) is 2.60. The fourth-order valence-corrected chi connectivity index (χ4v) is 3.74. The Morgan fingerprint density at radius 3 is 3.00 bits per heavy atom. The maximum atomic E-state index is 3.57. The largest absolute Gasteiger partial charge is 0.367 e. The summed E-state index contributed by atoms with van der Waals surface area (Å²) >= 11 is 0. The zero-order chi connectivity index (χ0) is 13.2. The van der Waals surface area contributed by atoms with Gasteiger partial charge in [0.15, 0.2) is 0 Å². The van der Waals surface area contributed by atoms with Crippen molar-refractivity contribution in [3.8, 4) is 0 Å². The van der Waals surface area contributed by atoms with E-state index >= 15 is 0 Å². The molecule has 1 heterocycles. The van der Waals surface area contributed by atoms with Gasteiger partial charge in [0.25, 0.3) is 0 Å². The summed E-state index contributed by atoms with van der Waals surface area (Å²) in [5.74, 6) is 0.892. The van der Waals surface area contributed by atoms with E-state index in [0.29, 0.717) is 0 Å². The van der Waals surface area contributed by atoms with Gasteiger partial charge in [-0.15, -0.1) is 0 Å². The minimum absolute atomic E-state index is 0.755. The molecule has 0 bridgehead atoms. The van der Waals surface area contributed by atoms with E-state index in [2.05, 4.69) is 42.3 Å². The predicted molar refractivity (Wildman–Crippen MR) is 81.7 cm³/mol. The Labute approximate surface area is 117 Å². The van der Waals surface area contributed by atoms with Crippen molar-refractivity contribution in [3.05, 3.63) is 29.3 Å². The molecule has 2 unspecified atom stereocenters. The second-order valence-corrected chi connectivity index (χ2v) is 6.43. The van der Waals surface area contributed by atoms with Crippen LogP contribution in [0.15, 0.2) is 18.2 Å². The van der Waals surface area contributed by atoms with Gasteiger partial charge in [-0.25, -0.2) is 0 Å². The lowest BCUT2D eigenvalue weighted by molar-refractivity contribution is 0.330. The SMILES string of the molecule is Cc1ccc2c(c1)CNCCN2C1CCCC(C)C1. The number of hydrogen-bond donors (Lipinski definition) is 1. The molecule has 104 valence electrons. The molecule has 1 fully saturated rings. The molecular weight excluding hydrogens is 232 g/mol. The van der Waals surface area contributed by atoms with Crippen molar-refractivity contribution >= 4 is 5.69 Å². The number of benzene rings is 1. The minimum atomic E-state index is 0.755.